The van der Waals surface area contributed by atoms with Crippen molar-refractivity contribution in [3.8, 4) is 17.2 Å². The second-order valence-electron chi connectivity index (χ2n) is 8.38. The number of para-hydroxylation sites is 1. The van der Waals surface area contributed by atoms with Gasteiger partial charge in [-0.3, -0.25) is 4.79 Å². The van der Waals surface area contributed by atoms with Gasteiger partial charge in [-0.15, -0.1) is 0 Å². The van der Waals surface area contributed by atoms with Gasteiger partial charge in [-0.1, -0.05) is 70.7 Å². The summed E-state index contributed by atoms with van der Waals surface area (Å²) in [6, 6.07) is 22.6. The van der Waals surface area contributed by atoms with E-state index in [2.05, 4.69) is 10.5 Å². The first kappa shape index (κ1) is 29.6. The van der Waals surface area contributed by atoms with Gasteiger partial charge in [0.25, 0.3) is 5.91 Å². The third-order valence-electron chi connectivity index (χ3n) is 5.58. The summed E-state index contributed by atoms with van der Waals surface area (Å²) < 4.78 is 17.6. The highest BCUT2D eigenvalue weighted by molar-refractivity contribution is 6.35. The molecule has 0 atom stereocenters. The van der Waals surface area contributed by atoms with Crippen LogP contribution in [0.2, 0.25) is 20.1 Å². The quantitative estimate of drug-likeness (QED) is 0.135. The predicted octanol–water partition coefficient (Wildman–Crippen LogP) is 8.62. The fourth-order valence-electron chi connectivity index (χ4n) is 3.59. The predicted molar refractivity (Wildman–Crippen MR) is 161 cm³/mol. The second-order valence-corrected chi connectivity index (χ2v) is 10.1. The number of ether oxygens (including phenoxy) is 3. The Morgan fingerprint density at radius 3 is 2.00 bits per heavy atom. The number of rotatable bonds is 11. The van der Waals surface area contributed by atoms with Crippen LogP contribution in [0.4, 0.5) is 0 Å². The highest BCUT2D eigenvalue weighted by Gasteiger charge is 2.13. The van der Waals surface area contributed by atoms with E-state index in [1.807, 2.05) is 13.0 Å². The van der Waals surface area contributed by atoms with E-state index in [1.54, 1.807) is 72.8 Å². The molecule has 0 saturated heterocycles. The molecule has 4 aromatic carbocycles. The summed E-state index contributed by atoms with van der Waals surface area (Å²) in [6.45, 7) is 2.72. The lowest BCUT2D eigenvalue weighted by Gasteiger charge is -2.13. The first-order valence-corrected chi connectivity index (χ1v) is 13.7. The van der Waals surface area contributed by atoms with Gasteiger partial charge < -0.3 is 14.2 Å². The minimum atomic E-state index is -0.432. The van der Waals surface area contributed by atoms with Gasteiger partial charge in [0, 0.05) is 31.2 Å². The molecule has 4 rings (SSSR count). The minimum Gasteiger partial charge on any atom is -0.490 e. The lowest BCUT2D eigenvalue weighted by atomic mass is 10.2. The van der Waals surface area contributed by atoms with E-state index < -0.39 is 5.91 Å². The minimum absolute atomic E-state index is 0.169. The van der Waals surface area contributed by atoms with Gasteiger partial charge in [-0.25, -0.2) is 5.43 Å². The molecule has 0 spiro atoms. The van der Waals surface area contributed by atoms with Crippen molar-refractivity contribution < 1.29 is 19.0 Å². The maximum atomic E-state index is 12.9. The molecule has 10 heteroatoms. The Bertz CT molecular complexity index is 1530. The molecule has 6 nitrogen and oxygen atoms in total. The molecule has 0 radical (unpaired) electrons. The van der Waals surface area contributed by atoms with Gasteiger partial charge in [0.05, 0.1) is 18.4 Å². The van der Waals surface area contributed by atoms with E-state index in [-0.39, 0.29) is 13.2 Å². The average Bonchev–Trinajstić information content (AvgIpc) is 2.93. The number of halogens is 4. The number of hydrogen-bond donors (Lipinski definition) is 1. The van der Waals surface area contributed by atoms with Crippen LogP contribution in [-0.4, -0.2) is 18.7 Å². The fourth-order valence-corrected chi connectivity index (χ4v) is 4.51. The number of carbonyl (C=O) groups is 1. The molecule has 0 aliphatic rings. The summed E-state index contributed by atoms with van der Waals surface area (Å²) in [5.74, 6) is 1.03. The maximum absolute atomic E-state index is 12.9. The fraction of sp³-hybridized carbons (Fsp3) is 0.133. The number of amides is 1. The van der Waals surface area contributed by atoms with Crippen molar-refractivity contribution in [2.24, 2.45) is 5.10 Å². The van der Waals surface area contributed by atoms with E-state index in [1.165, 1.54) is 6.21 Å². The van der Waals surface area contributed by atoms with Crippen molar-refractivity contribution in [1.82, 2.24) is 5.43 Å². The Kier molecular flexibility index (Phi) is 10.6. The molecule has 0 saturated carbocycles. The van der Waals surface area contributed by atoms with E-state index in [0.717, 1.165) is 11.1 Å². The number of nitrogens with zero attached hydrogens (tertiary/aromatic N) is 1. The molecular weight excluding hydrogens is 594 g/mol. The van der Waals surface area contributed by atoms with Crippen LogP contribution in [0.15, 0.2) is 84.0 Å². The molecule has 0 heterocycles. The van der Waals surface area contributed by atoms with E-state index in [0.29, 0.717) is 55.1 Å². The molecular formula is C30H24Cl4N2O4. The molecule has 206 valence electrons. The molecule has 0 unspecified atom stereocenters. The van der Waals surface area contributed by atoms with Crippen LogP contribution in [0.1, 0.15) is 34.0 Å². The van der Waals surface area contributed by atoms with Crippen LogP contribution < -0.4 is 19.6 Å². The summed E-state index contributed by atoms with van der Waals surface area (Å²) in [6.07, 6.45) is 1.51. The van der Waals surface area contributed by atoms with Gasteiger partial charge in [0.2, 0.25) is 0 Å². The summed E-state index contributed by atoms with van der Waals surface area (Å²) in [5, 5.41) is 6.19. The van der Waals surface area contributed by atoms with Crippen LogP contribution in [0, 0.1) is 0 Å². The standard InChI is InChI=1S/C30H24Cl4N2O4/c1-2-38-29-13-19(7-12-28(29)40-18-21-9-11-23(32)15-26(21)34)16-35-36-30(37)24-5-3-4-6-27(24)39-17-20-8-10-22(31)14-25(20)33/h3-16H,2,17-18H2,1H3,(H,36,37)/b35-16+. The molecule has 0 aromatic heterocycles. The number of hydrogen-bond acceptors (Lipinski definition) is 5. The normalized spacial score (nSPS) is 10.9. The number of nitrogens with one attached hydrogen (secondary N) is 1. The van der Waals surface area contributed by atoms with Crippen LogP contribution >= 0.6 is 46.4 Å². The van der Waals surface area contributed by atoms with Crippen molar-refractivity contribution in [3.05, 3.63) is 121 Å². The molecule has 4 aromatic rings. The monoisotopic (exact) mass is 616 g/mol. The third-order valence-corrected chi connectivity index (χ3v) is 6.75. The van der Waals surface area contributed by atoms with Crippen LogP contribution in [0.25, 0.3) is 0 Å². The average molecular weight is 618 g/mol. The highest BCUT2D eigenvalue weighted by atomic mass is 35.5. The molecule has 0 aliphatic heterocycles. The molecule has 0 aliphatic carbocycles. The Morgan fingerprint density at radius 1 is 0.750 bits per heavy atom. The van der Waals surface area contributed by atoms with E-state index >= 15 is 0 Å². The van der Waals surface area contributed by atoms with Crippen LogP contribution in [-0.2, 0) is 13.2 Å². The van der Waals surface area contributed by atoms with Gasteiger partial charge in [-0.05, 0) is 67.1 Å². The van der Waals surface area contributed by atoms with Gasteiger partial charge in [0.15, 0.2) is 11.5 Å². The summed E-state index contributed by atoms with van der Waals surface area (Å²) >= 11 is 24.4. The van der Waals surface area contributed by atoms with Crippen LogP contribution in [0.5, 0.6) is 17.2 Å². The molecule has 1 amide bonds. The number of hydrazone groups is 1. The number of benzene rings is 4. The van der Waals surface area contributed by atoms with Crippen molar-refractivity contribution in [2.75, 3.05) is 6.61 Å². The molecule has 0 fully saturated rings. The second kappa shape index (κ2) is 14.3. The SMILES string of the molecule is CCOc1cc(/C=N/NC(=O)c2ccccc2OCc2ccc(Cl)cc2Cl)ccc1OCc1ccc(Cl)cc1Cl. The summed E-state index contributed by atoms with van der Waals surface area (Å²) in [5.41, 5.74) is 5.10. The van der Waals surface area contributed by atoms with Crippen molar-refractivity contribution in [3.63, 3.8) is 0 Å². The lowest BCUT2D eigenvalue weighted by molar-refractivity contribution is 0.0950. The molecule has 40 heavy (non-hydrogen) atoms. The van der Waals surface area contributed by atoms with Crippen LogP contribution in [0.3, 0.4) is 0 Å². The van der Waals surface area contributed by atoms with Crippen molar-refractivity contribution >= 4 is 58.5 Å². The molecule has 0 bridgehead atoms. The summed E-state index contributed by atoms with van der Waals surface area (Å²) in [4.78, 5) is 12.9. The van der Waals surface area contributed by atoms with Gasteiger partial charge in [-0.2, -0.15) is 5.10 Å². The van der Waals surface area contributed by atoms with Gasteiger partial charge in [0.1, 0.15) is 19.0 Å². The Labute approximate surface area is 252 Å². The number of carbonyl (C=O) groups excluding carboxylic acids is 1. The lowest BCUT2D eigenvalue weighted by Crippen LogP contribution is -2.18. The zero-order chi connectivity index (χ0) is 28.5. The zero-order valence-corrected chi connectivity index (χ0v) is 24.3. The highest BCUT2D eigenvalue weighted by Crippen LogP contribution is 2.30. The first-order valence-electron chi connectivity index (χ1n) is 12.2. The Morgan fingerprint density at radius 2 is 1.38 bits per heavy atom. The zero-order valence-electron chi connectivity index (χ0n) is 21.3. The Hall–Kier alpha value is -3.42. The first-order chi connectivity index (χ1) is 19.3. The van der Waals surface area contributed by atoms with Gasteiger partial charge >= 0.3 is 0 Å². The molecule has 1 N–H and O–H groups in total. The summed E-state index contributed by atoms with van der Waals surface area (Å²) in [7, 11) is 0. The Balaban J connectivity index is 1.40. The van der Waals surface area contributed by atoms with E-state index in [9.17, 15) is 4.79 Å². The van der Waals surface area contributed by atoms with Crippen molar-refractivity contribution in [2.45, 2.75) is 20.1 Å². The smallest absolute Gasteiger partial charge is 0.275 e. The maximum Gasteiger partial charge on any atom is 0.275 e. The third kappa shape index (κ3) is 8.05. The van der Waals surface area contributed by atoms with E-state index in [4.69, 9.17) is 60.6 Å². The van der Waals surface area contributed by atoms with Crippen molar-refractivity contribution in [1.29, 1.82) is 0 Å². The largest absolute Gasteiger partial charge is 0.490 e. The topological polar surface area (TPSA) is 69.2 Å².